The Hall–Kier alpha value is -2.89. The van der Waals surface area contributed by atoms with E-state index in [0.717, 1.165) is 34.0 Å². The molecule has 0 saturated carbocycles. The molecule has 0 unspecified atom stereocenters. The van der Waals surface area contributed by atoms with E-state index in [1.807, 2.05) is 47.3 Å². The Kier molecular flexibility index (Phi) is 3.86. The molecule has 0 N–H and O–H groups in total. The van der Waals surface area contributed by atoms with E-state index in [1.165, 1.54) is 0 Å². The average molecular weight is 326 g/mol. The minimum Gasteiger partial charge on any atom is -0.493 e. The Balaban J connectivity index is 1.50. The van der Waals surface area contributed by atoms with Crippen molar-refractivity contribution >= 4 is 11.0 Å². The van der Waals surface area contributed by atoms with Crippen molar-refractivity contribution in [3.63, 3.8) is 0 Å². The van der Waals surface area contributed by atoms with Crippen LogP contribution in [0.5, 0.6) is 23.0 Å². The van der Waals surface area contributed by atoms with Crippen LogP contribution in [-0.2, 0) is 6.54 Å². The summed E-state index contributed by atoms with van der Waals surface area (Å²) < 4.78 is 24.4. The summed E-state index contributed by atoms with van der Waals surface area (Å²) in [7, 11) is 1.64. The van der Waals surface area contributed by atoms with Gasteiger partial charge in [0, 0.05) is 12.1 Å². The van der Waals surface area contributed by atoms with E-state index in [-0.39, 0.29) is 0 Å². The van der Waals surface area contributed by atoms with Gasteiger partial charge in [-0.05, 0) is 12.1 Å². The van der Waals surface area contributed by atoms with Gasteiger partial charge in [0.05, 0.1) is 31.0 Å². The van der Waals surface area contributed by atoms with E-state index in [4.69, 9.17) is 18.9 Å². The summed E-state index contributed by atoms with van der Waals surface area (Å²) in [6.45, 7) is 2.34. The average Bonchev–Trinajstić information content (AvgIpc) is 3.02. The van der Waals surface area contributed by atoms with Crippen LogP contribution in [0, 0.1) is 0 Å². The number of benzene rings is 2. The Morgan fingerprint density at radius 3 is 2.62 bits per heavy atom. The van der Waals surface area contributed by atoms with E-state index in [0.29, 0.717) is 26.4 Å². The lowest BCUT2D eigenvalue weighted by molar-refractivity contribution is 0.172. The summed E-state index contributed by atoms with van der Waals surface area (Å²) in [4.78, 5) is 4.43. The van der Waals surface area contributed by atoms with Gasteiger partial charge in [-0.15, -0.1) is 0 Å². The van der Waals surface area contributed by atoms with Crippen LogP contribution in [0.3, 0.4) is 0 Å². The predicted molar refractivity (Wildman–Crippen MR) is 89.2 cm³/mol. The summed E-state index contributed by atoms with van der Waals surface area (Å²) in [5.74, 6) is 2.98. The van der Waals surface area contributed by atoms with Crippen molar-refractivity contribution in [2.75, 3.05) is 26.9 Å². The van der Waals surface area contributed by atoms with E-state index < -0.39 is 0 Å². The van der Waals surface area contributed by atoms with Crippen LogP contribution in [0.4, 0.5) is 0 Å². The zero-order valence-corrected chi connectivity index (χ0v) is 13.4. The molecule has 6 nitrogen and oxygen atoms in total. The van der Waals surface area contributed by atoms with Crippen LogP contribution in [0.15, 0.2) is 42.7 Å². The number of para-hydroxylation sites is 2. The molecule has 124 valence electrons. The van der Waals surface area contributed by atoms with Crippen molar-refractivity contribution in [3.05, 3.63) is 42.7 Å². The topological polar surface area (TPSA) is 54.7 Å². The highest BCUT2D eigenvalue weighted by molar-refractivity contribution is 5.80. The first-order valence-corrected chi connectivity index (χ1v) is 7.85. The molecule has 0 saturated heterocycles. The first-order valence-electron chi connectivity index (χ1n) is 7.85. The fraction of sp³-hybridized carbons (Fsp3) is 0.278. The maximum Gasteiger partial charge on any atom is 0.163 e. The largest absolute Gasteiger partial charge is 0.493 e. The number of nitrogens with zero attached hydrogens (tertiary/aromatic N) is 2. The van der Waals surface area contributed by atoms with Crippen LogP contribution in [0.1, 0.15) is 0 Å². The molecule has 1 aromatic heterocycles. The molecule has 4 rings (SSSR count). The first-order chi connectivity index (χ1) is 11.8. The quantitative estimate of drug-likeness (QED) is 0.721. The fourth-order valence-corrected chi connectivity index (χ4v) is 2.77. The van der Waals surface area contributed by atoms with Gasteiger partial charge in [0.25, 0.3) is 0 Å². The van der Waals surface area contributed by atoms with Crippen LogP contribution >= 0.6 is 0 Å². The second kappa shape index (κ2) is 6.31. The molecule has 0 radical (unpaired) electrons. The van der Waals surface area contributed by atoms with Gasteiger partial charge in [0.2, 0.25) is 0 Å². The third-order valence-corrected chi connectivity index (χ3v) is 3.94. The van der Waals surface area contributed by atoms with Crippen molar-refractivity contribution in [1.29, 1.82) is 0 Å². The van der Waals surface area contributed by atoms with E-state index in [2.05, 4.69) is 4.98 Å². The van der Waals surface area contributed by atoms with Gasteiger partial charge in [-0.25, -0.2) is 4.98 Å². The predicted octanol–water partition coefficient (Wildman–Crippen LogP) is 2.90. The van der Waals surface area contributed by atoms with Gasteiger partial charge < -0.3 is 23.5 Å². The molecule has 1 aliphatic heterocycles. The smallest absolute Gasteiger partial charge is 0.163 e. The number of ether oxygens (including phenoxy) is 4. The van der Waals surface area contributed by atoms with Gasteiger partial charge in [-0.2, -0.15) is 0 Å². The highest BCUT2D eigenvalue weighted by Crippen LogP contribution is 2.34. The number of fused-ring (bicyclic) bond motifs is 2. The zero-order chi connectivity index (χ0) is 16.4. The summed E-state index contributed by atoms with van der Waals surface area (Å²) in [5, 5.41) is 0. The lowest BCUT2D eigenvalue weighted by Gasteiger charge is -2.18. The Bertz CT molecular complexity index is 859. The van der Waals surface area contributed by atoms with Gasteiger partial charge in [0.15, 0.2) is 23.0 Å². The Labute approximate surface area is 139 Å². The molecule has 24 heavy (non-hydrogen) atoms. The normalized spacial score (nSPS) is 13.0. The molecule has 0 spiro atoms. The molecular weight excluding hydrogens is 308 g/mol. The number of hydrogen-bond donors (Lipinski definition) is 0. The van der Waals surface area contributed by atoms with Gasteiger partial charge >= 0.3 is 0 Å². The van der Waals surface area contributed by atoms with Gasteiger partial charge in [-0.1, -0.05) is 12.1 Å². The minimum absolute atomic E-state index is 0.514. The first kappa shape index (κ1) is 14.7. The van der Waals surface area contributed by atoms with Gasteiger partial charge in [-0.3, -0.25) is 0 Å². The molecule has 0 bridgehead atoms. The summed E-state index contributed by atoms with van der Waals surface area (Å²) in [5.41, 5.74) is 1.89. The molecule has 0 aliphatic carbocycles. The minimum atomic E-state index is 0.514. The van der Waals surface area contributed by atoms with Crippen molar-refractivity contribution in [3.8, 4) is 23.0 Å². The number of rotatable bonds is 5. The molecule has 0 fully saturated rings. The lowest BCUT2D eigenvalue weighted by atomic mass is 10.2. The highest BCUT2D eigenvalue weighted by atomic mass is 16.6. The Morgan fingerprint density at radius 2 is 1.83 bits per heavy atom. The molecule has 2 heterocycles. The van der Waals surface area contributed by atoms with Gasteiger partial charge in [0.1, 0.15) is 19.8 Å². The maximum absolute atomic E-state index is 5.83. The molecule has 1 aliphatic rings. The number of methoxy groups -OCH3 is 1. The third-order valence-electron chi connectivity index (χ3n) is 3.94. The second-order valence-corrected chi connectivity index (χ2v) is 5.42. The SMILES string of the molecule is COc1ccccc1OCCn1cnc2cc3c(cc21)OCCO3. The molecule has 0 amide bonds. The second-order valence-electron chi connectivity index (χ2n) is 5.42. The van der Waals surface area contributed by atoms with Crippen molar-refractivity contribution in [2.45, 2.75) is 6.54 Å². The van der Waals surface area contributed by atoms with Crippen molar-refractivity contribution in [2.24, 2.45) is 0 Å². The van der Waals surface area contributed by atoms with Crippen LogP contribution in [0.25, 0.3) is 11.0 Å². The summed E-state index contributed by atoms with van der Waals surface area (Å²) >= 11 is 0. The van der Waals surface area contributed by atoms with Crippen LogP contribution in [-0.4, -0.2) is 36.5 Å². The maximum atomic E-state index is 5.83. The molecule has 3 aromatic rings. The third kappa shape index (κ3) is 2.71. The monoisotopic (exact) mass is 326 g/mol. The summed E-state index contributed by atoms with van der Waals surface area (Å²) in [6, 6.07) is 11.5. The number of hydrogen-bond acceptors (Lipinski definition) is 5. The molecule has 6 heteroatoms. The van der Waals surface area contributed by atoms with Crippen LogP contribution < -0.4 is 18.9 Å². The fourth-order valence-electron chi connectivity index (χ4n) is 2.77. The van der Waals surface area contributed by atoms with E-state index in [9.17, 15) is 0 Å². The highest BCUT2D eigenvalue weighted by Gasteiger charge is 2.15. The lowest BCUT2D eigenvalue weighted by Crippen LogP contribution is -2.15. The van der Waals surface area contributed by atoms with Crippen molar-refractivity contribution in [1.82, 2.24) is 9.55 Å². The molecule has 2 aromatic carbocycles. The Morgan fingerprint density at radius 1 is 1.08 bits per heavy atom. The zero-order valence-electron chi connectivity index (χ0n) is 13.4. The standard InChI is InChI=1S/C18H18N2O4/c1-21-15-4-2-3-5-16(15)22-7-6-20-12-19-13-10-17-18(11-14(13)20)24-9-8-23-17/h2-5,10-12H,6-9H2,1H3. The molecule has 0 atom stereocenters. The van der Waals surface area contributed by atoms with E-state index >= 15 is 0 Å². The van der Waals surface area contributed by atoms with Crippen molar-refractivity contribution < 1.29 is 18.9 Å². The molecular formula is C18H18N2O4. The van der Waals surface area contributed by atoms with E-state index in [1.54, 1.807) is 7.11 Å². The summed E-state index contributed by atoms with van der Waals surface area (Å²) in [6.07, 6.45) is 1.81. The number of imidazole rings is 1. The number of aromatic nitrogens is 2. The van der Waals surface area contributed by atoms with Crippen LogP contribution in [0.2, 0.25) is 0 Å².